The third-order valence-electron chi connectivity index (χ3n) is 4.17. The van der Waals surface area contributed by atoms with E-state index >= 15 is 0 Å². The highest BCUT2D eigenvalue weighted by molar-refractivity contribution is 7.92. The van der Waals surface area contributed by atoms with Crippen LogP contribution >= 0.6 is 0 Å². The van der Waals surface area contributed by atoms with Crippen LogP contribution in [0.4, 0.5) is 15.8 Å². The summed E-state index contributed by atoms with van der Waals surface area (Å²) >= 11 is 0. The van der Waals surface area contributed by atoms with E-state index in [1.807, 2.05) is 0 Å². The van der Waals surface area contributed by atoms with Gasteiger partial charge in [-0.3, -0.25) is 9.52 Å². The number of piperidine rings is 1. The predicted molar refractivity (Wildman–Crippen MR) is 96.4 cm³/mol. The summed E-state index contributed by atoms with van der Waals surface area (Å²) < 4.78 is 45.6. The second-order valence-corrected chi connectivity index (χ2v) is 7.63. The van der Waals surface area contributed by atoms with Crippen LogP contribution in [0.15, 0.2) is 47.4 Å². The van der Waals surface area contributed by atoms with Crippen molar-refractivity contribution in [2.45, 2.75) is 24.2 Å². The number of carbonyl (C=O) groups excluding carboxylic acids is 1. The summed E-state index contributed by atoms with van der Waals surface area (Å²) in [5.74, 6) is -0.0880. The van der Waals surface area contributed by atoms with Crippen LogP contribution in [0.2, 0.25) is 0 Å². The Hall–Kier alpha value is -2.61. The molecule has 138 valence electrons. The number of sulfonamides is 1. The van der Waals surface area contributed by atoms with Gasteiger partial charge in [-0.25, -0.2) is 12.8 Å². The van der Waals surface area contributed by atoms with Crippen LogP contribution in [0.1, 0.15) is 19.3 Å². The van der Waals surface area contributed by atoms with Crippen LogP contribution in [0, 0.1) is 5.82 Å². The lowest BCUT2D eigenvalue weighted by atomic mass is 10.1. The third kappa shape index (κ3) is 3.80. The second kappa shape index (κ2) is 7.33. The standard InChI is InChI=1S/C18H19FN2O4S/c1-25-17-12-14(7-10-16(17)21-11-3-2-4-18(21)22)20-26(23,24)15-8-5-13(19)6-9-15/h5-10,12,20H,2-4,11H2,1H3. The van der Waals surface area contributed by atoms with Crippen LogP contribution in [-0.4, -0.2) is 28.0 Å². The molecule has 1 fully saturated rings. The highest BCUT2D eigenvalue weighted by Crippen LogP contribution is 2.34. The third-order valence-corrected chi connectivity index (χ3v) is 5.57. The minimum absolute atomic E-state index is 0.0224. The summed E-state index contributed by atoms with van der Waals surface area (Å²) in [6, 6.07) is 9.30. The molecule has 0 unspecified atom stereocenters. The molecule has 1 aliphatic rings. The van der Waals surface area contributed by atoms with Crippen LogP contribution in [-0.2, 0) is 14.8 Å². The molecule has 0 aliphatic carbocycles. The topological polar surface area (TPSA) is 75.7 Å². The van der Waals surface area contributed by atoms with Gasteiger partial charge in [0.15, 0.2) is 0 Å². The Balaban J connectivity index is 1.87. The van der Waals surface area contributed by atoms with Crippen molar-refractivity contribution in [3.05, 3.63) is 48.3 Å². The first-order chi connectivity index (χ1) is 12.4. The largest absolute Gasteiger partial charge is 0.494 e. The number of methoxy groups -OCH3 is 1. The predicted octanol–water partition coefficient (Wildman–Crippen LogP) is 3.15. The highest BCUT2D eigenvalue weighted by Gasteiger charge is 2.23. The van der Waals surface area contributed by atoms with Crippen LogP contribution in [0.5, 0.6) is 5.75 Å². The minimum atomic E-state index is -3.86. The molecular formula is C18H19FN2O4S. The lowest BCUT2D eigenvalue weighted by molar-refractivity contribution is -0.119. The van der Waals surface area contributed by atoms with Gasteiger partial charge in [-0.15, -0.1) is 0 Å². The summed E-state index contributed by atoms with van der Waals surface area (Å²) in [6.07, 6.45) is 2.27. The number of carbonyl (C=O) groups is 1. The number of ether oxygens (including phenoxy) is 1. The Morgan fingerprint density at radius 1 is 1.12 bits per heavy atom. The SMILES string of the molecule is COc1cc(NS(=O)(=O)c2ccc(F)cc2)ccc1N1CCCCC1=O. The first kappa shape index (κ1) is 18.2. The van der Waals surface area contributed by atoms with E-state index in [1.54, 1.807) is 17.0 Å². The van der Waals surface area contributed by atoms with E-state index in [-0.39, 0.29) is 10.8 Å². The van der Waals surface area contributed by atoms with Crippen molar-refractivity contribution in [1.29, 1.82) is 0 Å². The Morgan fingerprint density at radius 3 is 2.50 bits per heavy atom. The van der Waals surface area contributed by atoms with E-state index in [0.29, 0.717) is 30.1 Å². The first-order valence-corrected chi connectivity index (χ1v) is 9.66. The number of anilines is 2. The summed E-state index contributed by atoms with van der Waals surface area (Å²) in [5, 5.41) is 0. The number of hydrogen-bond acceptors (Lipinski definition) is 4. The van der Waals surface area contributed by atoms with Gasteiger partial charge in [-0.1, -0.05) is 0 Å². The zero-order chi connectivity index (χ0) is 18.7. The number of halogens is 1. The number of hydrogen-bond donors (Lipinski definition) is 1. The number of rotatable bonds is 5. The molecule has 1 aliphatic heterocycles. The maximum Gasteiger partial charge on any atom is 0.261 e. The van der Waals surface area contributed by atoms with Gasteiger partial charge < -0.3 is 9.64 Å². The molecule has 0 spiro atoms. The van der Waals surface area contributed by atoms with Gasteiger partial charge >= 0.3 is 0 Å². The second-order valence-electron chi connectivity index (χ2n) is 5.95. The van der Waals surface area contributed by atoms with Gasteiger partial charge in [0, 0.05) is 19.0 Å². The number of nitrogens with zero attached hydrogens (tertiary/aromatic N) is 1. The monoisotopic (exact) mass is 378 g/mol. The zero-order valence-corrected chi connectivity index (χ0v) is 15.1. The molecule has 0 radical (unpaired) electrons. The van der Waals surface area contributed by atoms with Crippen molar-refractivity contribution >= 4 is 27.3 Å². The van der Waals surface area contributed by atoms with Gasteiger partial charge in [0.2, 0.25) is 5.91 Å². The Kier molecular flexibility index (Phi) is 5.13. The van der Waals surface area contributed by atoms with Crippen LogP contribution in [0.25, 0.3) is 0 Å². The Bertz CT molecular complexity index is 913. The smallest absolute Gasteiger partial charge is 0.261 e. The fourth-order valence-corrected chi connectivity index (χ4v) is 3.90. The average molecular weight is 378 g/mol. The van der Waals surface area contributed by atoms with E-state index in [4.69, 9.17) is 4.74 Å². The Morgan fingerprint density at radius 2 is 1.85 bits per heavy atom. The summed E-state index contributed by atoms with van der Waals surface area (Å²) in [4.78, 5) is 13.7. The number of benzene rings is 2. The molecule has 8 heteroatoms. The minimum Gasteiger partial charge on any atom is -0.494 e. The van der Waals surface area contributed by atoms with E-state index in [1.165, 1.54) is 25.3 Å². The zero-order valence-electron chi connectivity index (χ0n) is 14.2. The molecule has 0 saturated carbocycles. The van der Waals surface area contributed by atoms with E-state index < -0.39 is 15.8 Å². The number of nitrogens with one attached hydrogen (secondary N) is 1. The summed E-state index contributed by atoms with van der Waals surface area (Å²) in [5.41, 5.74) is 0.904. The average Bonchev–Trinajstić information content (AvgIpc) is 2.62. The Labute approximate surface area is 151 Å². The first-order valence-electron chi connectivity index (χ1n) is 8.17. The molecule has 0 atom stereocenters. The van der Waals surface area contributed by atoms with E-state index in [0.717, 1.165) is 25.0 Å². The van der Waals surface area contributed by atoms with Crippen molar-refractivity contribution in [3.63, 3.8) is 0 Å². The normalized spacial score (nSPS) is 15.0. The van der Waals surface area contributed by atoms with E-state index in [2.05, 4.69) is 4.72 Å². The maximum absolute atomic E-state index is 13.0. The lowest BCUT2D eigenvalue weighted by Crippen LogP contribution is -2.35. The molecule has 6 nitrogen and oxygen atoms in total. The van der Waals surface area contributed by atoms with E-state index in [9.17, 15) is 17.6 Å². The molecule has 26 heavy (non-hydrogen) atoms. The quantitative estimate of drug-likeness (QED) is 0.867. The van der Waals surface area contributed by atoms with Gasteiger partial charge in [0.05, 0.1) is 23.4 Å². The van der Waals surface area contributed by atoms with Crippen LogP contribution < -0.4 is 14.4 Å². The fraction of sp³-hybridized carbons (Fsp3) is 0.278. The van der Waals surface area contributed by atoms with Crippen molar-refractivity contribution in [3.8, 4) is 5.75 Å². The van der Waals surface area contributed by atoms with Crippen molar-refractivity contribution < 1.29 is 22.3 Å². The van der Waals surface area contributed by atoms with Crippen LogP contribution in [0.3, 0.4) is 0 Å². The number of amides is 1. The summed E-state index contributed by atoms with van der Waals surface area (Å²) in [7, 11) is -2.39. The molecule has 3 rings (SSSR count). The molecule has 2 aromatic rings. The lowest BCUT2D eigenvalue weighted by Gasteiger charge is -2.28. The summed E-state index contributed by atoms with van der Waals surface area (Å²) in [6.45, 7) is 0.607. The highest BCUT2D eigenvalue weighted by atomic mass is 32.2. The molecular weight excluding hydrogens is 359 g/mol. The van der Waals surface area contributed by atoms with Crippen molar-refractivity contribution in [1.82, 2.24) is 0 Å². The fourth-order valence-electron chi connectivity index (χ4n) is 2.85. The molecule has 1 saturated heterocycles. The van der Waals surface area contributed by atoms with Crippen molar-refractivity contribution in [2.24, 2.45) is 0 Å². The maximum atomic E-state index is 13.0. The van der Waals surface area contributed by atoms with Crippen molar-refractivity contribution in [2.75, 3.05) is 23.3 Å². The molecule has 1 amide bonds. The molecule has 2 aromatic carbocycles. The molecule has 0 aromatic heterocycles. The molecule has 1 N–H and O–H groups in total. The molecule has 1 heterocycles. The van der Waals surface area contributed by atoms with Gasteiger partial charge in [-0.05, 0) is 49.2 Å². The van der Waals surface area contributed by atoms with Gasteiger partial charge in [-0.2, -0.15) is 0 Å². The molecule has 0 bridgehead atoms. The van der Waals surface area contributed by atoms with Gasteiger partial charge in [0.25, 0.3) is 10.0 Å². The van der Waals surface area contributed by atoms with Gasteiger partial charge in [0.1, 0.15) is 11.6 Å².